The number of piperazine rings is 1. The van der Waals surface area contributed by atoms with Gasteiger partial charge in [-0.25, -0.2) is 4.98 Å². The van der Waals surface area contributed by atoms with Crippen molar-refractivity contribution in [2.75, 3.05) is 18.0 Å². The van der Waals surface area contributed by atoms with Crippen LogP contribution in [0.5, 0.6) is 0 Å². The van der Waals surface area contributed by atoms with Crippen LogP contribution in [-0.4, -0.2) is 34.7 Å². The van der Waals surface area contributed by atoms with Gasteiger partial charge < -0.3 is 14.8 Å². The molecule has 1 saturated heterocycles. The Hall–Kier alpha value is -1.55. The smallest absolute Gasteiger partial charge is 0.133 e. The van der Waals surface area contributed by atoms with Gasteiger partial charge in [-0.3, -0.25) is 0 Å². The van der Waals surface area contributed by atoms with Crippen LogP contribution in [0.25, 0.3) is 10.9 Å². The van der Waals surface area contributed by atoms with E-state index in [0.29, 0.717) is 12.1 Å². The maximum absolute atomic E-state index is 5.00. The highest BCUT2D eigenvalue weighted by Crippen LogP contribution is 2.39. The molecule has 0 aromatic carbocycles. The lowest BCUT2D eigenvalue weighted by Crippen LogP contribution is -2.55. The highest BCUT2D eigenvalue weighted by molar-refractivity contribution is 5.83. The molecule has 4 heteroatoms. The van der Waals surface area contributed by atoms with E-state index in [2.05, 4.69) is 40.2 Å². The van der Waals surface area contributed by atoms with E-state index >= 15 is 0 Å². The molecule has 2 fully saturated rings. The molecule has 0 unspecified atom stereocenters. The van der Waals surface area contributed by atoms with Crippen LogP contribution in [0.15, 0.2) is 18.5 Å². The fourth-order valence-corrected chi connectivity index (χ4v) is 3.90. The van der Waals surface area contributed by atoms with E-state index in [-0.39, 0.29) is 0 Å². The Bertz CT molecular complexity index is 685. The summed E-state index contributed by atoms with van der Waals surface area (Å²) in [5.41, 5.74) is 2.61. The van der Waals surface area contributed by atoms with E-state index in [0.717, 1.165) is 25.6 Å². The van der Waals surface area contributed by atoms with Crippen molar-refractivity contribution in [2.24, 2.45) is 0 Å². The SMILES string of the molecule is C[C@@H]1CNC[C@H]2Cc3cc4cn(C5CC5)cc4nc3N21. The number of anilines is 1. The molecule has 3 aliphatic rings. The summed E-state index contributed by atoms with van der Waals surface area (Å²) in [4.78, 5) is 7.54. The van der Waals surface area contributed by atoms with Gasteiger partial charge in [0, 0.05) is 49.0 Å². The van der Waals surface area contributed by atoms with Crippen LogP contribution in [0.4, 0.5) is 5.82 Å². The summed E-state index contributed by atoms with van der Waals surface area (Å²) < 4.78 is 2.37. The van der Waals surface area contributed by atoms with Crippen molar-refractivity contribution in [3.8, 4) is 0 Å². The average molecular weight is 268 g/mol. The van der Waals surface area contributed by atoms with E-state index < -0.39 is 0 Å². The van der Waals surface area contributed by atoms with Crippen molar-refractivity contribution < 1.29 is 0 Å². The number of aromatic nitrogens is 2. The Labute approximate surface area is 118 Å². The molecule has 1 N–H and O–H groups in total. The number of rotatable bonds is 1. The van der Waals surface area contributed by atoms with E-state index in [9.17, 15) is 0 Å². The number of pyridine rings is 1. The Balaban J connectivity index is 1.63. The van der Waals surface area contributed by atoms with Gasteiger partial charge in [0.05, 0.1) is 5.52 Å². The molecular weight excluding hydrogens is 248 g/mol. The lowest BCUT2D eigenvalue weighted by atomic mass is 10.1. The van der Waals surface area contributed by atoms with Gasteiger partial charge in [0.25, 0.3) is 0 Å². The molecule has 20 heavy (non-hydrogen) atoms. The third-order valence-electron chi connectivity index (χ3n) is 5.06. The first-order valence-electron chi connectivity index (χ1n) is 7.80. The Kier molecular flexibility index (Phi) is 2.09. The van der Waals surface area contributed by atoms with Crippen LogP contribution in [-0.2, 0) is 6.42 Å². The van der Waals surface area contributed by atoms with Crippen molar-refractivity contribution >= 4 is 16.7 Å². The average Bonchev–Trinajstić information content (AvgIpc) is 3.10. The highest BCUT2D eigenvalue weighted by Gasteiger charge is 2.36. The summed E-state index contributed by atoms with van der Waals surface area (Å²) in [5.74, 6) is 1.24. The van der Waals surface area contributed by atoms with Crippen LogP contribution in [0.1, 0.15) is 31.4 Å². The molecule has 0 amide bonds. The molecule has 0 bridgehead atoms. The van der Waals surface area contributed by atoms with Crippen molar-refractivity contribution in [3.63, 3.8) is 0 Å². The number of hydrogen-bond acceptors (Lipinski definition) is 3. The Morgan fingerprint density at radius 2 is 2.10 bits per heavy atom. The number of fused-ring (bicyclic) bond motifs is 4. The van der Waals surface area contributed by atoms with E-state index in [1.54, 1.807) is 0 Å². The molecule has 5 rings (SSSR count). The Morgan fingerprint density at radius 1 is 1.20 bits per heavy atom. The van der Waals surface area contributed by atoms with Gasteiger partial charge in [-0.1, -0.05) is 0 Å². The molecule has 1 saturated carbocycles. The van der Waals surface area contributed by atoms with Crippen LogP contribution in [0.3, 0.4) is 0 Å². The van der Waals surface area contributed by atoms with E-state index in [4.69, 9.17) is 4.98 Å². The monoisotopic (exact) mass is 268 g/mol. The minimum atomic E-state index is 0.547. The number of hydrogen-bond donors (Lipinski definition) is 1. The zero-order valence-corrected chi connectivity index (χ0v) is 11.8. The van der Waals surface area contributed by atoms with Gasteiger partial charge in [-0.15, -0.1) is 0 Å². The third-order valence-corrected chi connectivity index (χ3v) is 5.06. The summed E-state index contributed by atoms with van der Waals surface area (Å²) in [6, 6.07) is 4.26. The first-order valence-corrected chi connectivity index (χ1v) is 7.80. The second-order valence-corrected chi connectivity index (χ2v) is 6.65. The number of nitrogens with one attached hydrogen (secondary N) is 1. The molecule has 2 aromatic heterocycles. The van der Waals surface area contributed by atoms with Crippen LogP contribution >= 0.6 is 0 Å². The van der Waals surface area contributed by atoms with Gasteiger partial charge in [0.2, 0.25) is 0 Å². The lowest BCUT2D eigenvalue weighted by Gasteiger charge is -2.37. The standard InChI is InChI=1S/C16H20N4/c1-10-6-17-7-14-5-11-4-12-8-19(13-2-3-13)9-15(12)18-16(11)20(10)14/h4,8-10,13-14,17H,2-3,5-7H2,1H3/t10-,14-/m1/s1. The van der Waals surface area contributed by atoms with Crippen LogP contribution in [0.2, 0.25) is 0 Å². The van der Waals surface area contributed by atoms with Gasteiger partial charge >= 0.3 is 0 Å². The summed E-state index contributed by atoms with van der Waals surface area (Å²) in [5, 5.41) is 4.85. The Morgan fingerprint density at radius 3 is 2.95 bits per heavy atom. The van der Waals surface area contributed by atoms with Gasteiger partial charge in [0.1, 0.15) is 5.82 Å². The second kappa shape index (κ2) is 3.76. The number of nitrogens with zero attached hydrogens (tertiary/aromatic N) is 3. The predicted molar refractivity (Wildman–Crippen MR) is 80.3 cm³/mol. The molecule has 2 aromatic rings. The fourth-order valence-electron chi connectivity index (χ4n) is 3.90. The van der Waals surface area contributed by atoms with Crippen molar-refractivity contribution in [3.05, 3.63) is 24.0 Å². The minimum Gasteiger partial charge on any atom is -0.348 e. The molecular formula is C16H20N4. The fraction of sp³-hybridized carbons (Fsp3) is 0.562. The molecule has 0 radical (unpaired) electrons. The minimum absolute atomic E-state index is 0.547. The van der Waals surface area contributed by atoms with Crippen LogP contribution < -0.4 is 10.2 Å². The first-order chi connectivity index (χ1) is 9.79. The van der Waals surface area contributed by atoms with Gasteiger partial charge in [0.15, 0.2) is 0 Å². The largest absolute Gasteiger partial charge is 0.348 e. The highest BCUT2D eigenvalue weighted by atomic mass is 15.3. The van der Waals surface area contributed by atoms with Crippen molar-refractivity contribution in [2.45, 2.75) is 44.3 Å². The maximum Gasteiger partial charge on any atom is 0.133 e. The summed E-state index contributed by atoms with van der Waals surface area (Å²) in [6.07, 6.45) is 8.34. The molecule has 104 valence electrons. The van der Waals surface area contributed by atoms with Crippen molar-refractivity contribution in [1.29, 1.82) is 0 Å². The molecule has 4 nitrogen and oxygen atoms in total. The third kappa shape index (κ3) is 1.48. The quantitative estimate of drug-likeness (QED) is 0.860. The predicted octanol–water partition coefficient (Wildman–Crippen LogP) is 2.09. The summed E-state index contributed by atoms with van der Waals surface area (Å²) in [7, 11) is 0. The topological polar surface area (TPSA) is 33.1 Å². The second-order valence-electron chi connectivity index (χ2n) is 6.65. The van der Waals surface area contributed by atoms with Crippen molar-refractivity contribution in [1.82, 2.24) is 14.9 Å². The zero-order chi connectivity index (χ0) is 13.3. The van der Waals surface area contributed by atoms with Gasteiger partial charge in [-0.2, -0.15) is 0 Å². The maximum atomic E-state index is 5.00. The molecule has 2 atom stereocenters. The summed E-state index contributed by atoms with van der Waals surface area (Å²) in [6.45, 7) is 4.46. The molecule has 2 aliphatic heterocycles. The zero-order valence-electron chi connectivity index (χ0n) is 11.8. The normalized spacial score (nSPS) is 28.8. The van der Waals surface area contributed by atoms with Gasteiger partial charge in [-0.05, 0) is 37.8 Å². The molecule has 0 spiro atoms. The lowest BCUT2D eigenvalue weighted by molar-refractivity contribution is 0.428. The summed E-state index contributed by atoms with van der Waals surface area (Å²) >= 11 is 0. The van der Waals surface area contributed by atoms with Crippen LogP contribution in [0, 0.1) is 0 Å². The first kappa shape index (κ1) is 11.1. The van der Waals surface area contributed by atoms with E-state index in [1.165, 1.54) is 35.1 Å². The molecule has 1 aliphatic carbocycles. The van der Waals surface area contributed by atoms with E-state index in [1.807, 2.05) is 0 Å². The molecule has 4 heterocycles.